The summed E-state index contributed by atoms with van der Waals surface area (Å²) in [7, 11) is 3.05. The van der Waals surface area contributed by atoms with Gasteiger partial charge in [0.1, 0.15) is 5.58 Å². The Morgan fingerprint density at radius 3 is 2.41 bits per heavy atom. The predicted octanol–water partition coefficient (Wildman–Crippen LogP) is 2.98. The molecule has 1 aromatic heterocycles. The summed E-state index contributed by atoms with van der Waals surface area (Å²) < 4.78 is 16.0. The van der Waals surface area contributed by atoms with E-state index in [0.717, 1.165) is 5.56 Å². The second kappa shape index (κ2) is 7.95. The van der Waals surface area contributed by atoms with Crippen molar-refractivity contribution in [2.24, 2.45) is 0 Å². The maximum absolute atomic E-state index is 12.4. The van der Waals surface area contributed by atoms with E-state index in [1.807, 2.05) is 30.3 Å². The summed E-state index contributed by atoms with van der Waals surface area (Å²) in [4.78, 5) is 24.7. The van der Waals surface area contributed by atoms with E-state index in [4.69, 9.17) is 13.9 Å². The molecular weight excluding hydrogens is 346 g/mol. The van der Waals surface area contributed by atoms with Gasteiger partial charge in [0.25, 0.3) is 0 Å². The summed E-state index contributed by atoms with van der Waals surface area (Å²) in [5.74, 6) is 0.761. The molecule has 1 N–H and O–H groups in total. The molecular formula is C21H21NO5. The standard InChI is InChI=1S/C21H21NO5/c1-13-15-9-18(25-2)19(26-3)11-17(15)27-21(24)16(13)10-20(23)22-12-14-7-5-4-6-8-14/h4-9,11H,10,12H2,1-3H3,(H,22,23). The number of nitrogens with one attached hydrogen (secondary N) is 1. The molecule has 0 aliphatic rings. The van der Waals surface area contributed by atoms with Crippen LogP contribution in [0.5, 0.6) is 11.5 Å². The molecule has 0 aliphatic carbocycles. The normalized spacial score (nSPS) is 10.6. The minimum Gasteiger partial charge on any atom is -0.493 e. The molecule has 27 heavy (non-hydrogen) atoms. The Kier molecular flexibility index (Phi) is 5.45. The summed E-state index contributed by atoms with van der Waals surface area (Å²) in [6.45, 7) is 2.20. The molecule has 0 spiro atoms. The molecule has 0 saturated carbocycles. The van der Waals surface area contributed by atoms with Crippen molar-refractivity contribution in [3.63, 3.8) is 0 Å². The first-order chi connectivity index (χ1) is 13.0. The number of carbonyl (C=O) groups is 1. The van der Waals surface area contributed by atoms with Crippen LogP contribution in [0.4, 0.5) is 0 Å². The van der Waals surface area contributed by atoms with E-state index >= 15 is 0 Å². The highest BCUT2D eigenvalue weighted by Gasteiger charge is 2.17. The number of aryl methyl sites for hydroxylation is 1. The third-order valence-electron chi connectivity index (χ3n) is 4.46. The molecule has 1 heterocycles. The molecule has 6 nitrogen and oxygen atoms in total. The third-order valence-corrected chi connectivity index (χ3v) is 4.46. The Morgan fingerprint density at radius 1 is 1.07 bits per heavy atom. The summed E-state index contributed by atoms with van der Waals surface area (Å²) in [5, 5.41) is 3.53. The number of carbonyl (C=O) groups excluding carboxylic acids is 1. The van der Waals surface area contributed by atoms with Crippen molar-refractivity contribution < 1.29 is 18.7 Å². The highest BCUT2D eigenvalue weighted by atomic mass is 16.5. The maximum atomic E-state index is 12.4. The smallest absolute Gasteiger partial charge is 0.340 e. The molecule has 0 bridgehead atoms. The number of ether oxygens (including phenoxy) is 2. The van der Waals surface area contributed by atoms with Crippen molar-refractivity contribution in [1.29, 1.82) is 0 Å². The molecule has 0 radical (unpaired) electrons. The van der Waals surface area contributed by atoms with Gasteiger partial charge in [-0.2, -0.15) is 0 Å². The van der Waals surface area contributed by atoms with E-state index in [9.17, 15) is 9.59 Å². The lowest BCUT2D eigenvalue weighted by Crippen LogP contribution is -2.27. The lowest BCUT2D eigenvalue weighted by atomic mass is 10.0. The predicted molar refractivity (Wildman–Crippen MR) is 102 cm³/mol. The van der Waals surface area contributed by atoms with Gasteiger partial charge < -0.3 is 19.2 Å². The number of benzene rings is 2. The number of rotatable bonds is 6. The Labute approximate surface area is 156 Å². The zero-order chi connectivity index (χ0) is 19.4. The molecule has 2 aromatic carbocycles. The fourth-order valence-corrected chi connectivity index (χ4v) is 2.94. The molecule has 0 unspecified atom stereocenters. The van der Waals surface area contributed by atoms with Crippen LogP contribution in [-0.4, -0.2) is 20.1 Å². The fourth-order valence-electron chi connectivity index (χ4n) is 2.94. The number of fused-ring (bicyclic) bond motifs is 1. The topological polar surface area (TPSA) is 77.8 Å². The Morgan fingerprint density at radius 2 is 1.74 bits per heavy atom. The Hall–Kier alpha value is -3.28. The van der Waals surface area contributed by atoms with Crippen molar-refractivity contribution in [3.8, 4) is 11.5 Å². The molecule has 140 valence electrons. The monoisotopic (exact) mass is 367 g/mol. The quantitative estimate of drug-likeness (QED) is 0.678. The highest BCUT2D eigenvalue weighted by molar-refractivity contribution is 5.86. The van der Waals surface area contributed by atoms with Gasteiger partial charge in [0, 0.05) is 18.0 Å². The second-order valence-electron chi connectivity index (χ2n) is 6.14. The van der Waals surface area contributed by atoms with E-state index in [0.29, 0.717) is 40.1 Å². The van der Waals surface area contributed by atoms with Gasteiger partial charge in [0.2, 0.25) is 5.91 Å². The molecule has 0 saturated heterocycles. The third kappa shape index (κ3) is 3.95. The average molecular weight is 367 g/mol. The largest absolute Gasteiger partial charge is 0.493 e. The van der Waals surface area contributed by atoms with Crippen LogP contribution in [-0.2, 0) is 17.8 Å². The van der Waals surface area contributed by atoms with Crippen LogP contribution in [0, 0.1) is 6.92 Å². The van der Waals surface area contributed by atoms with Crippen LogP contribution in [0.15, 0.2) is 51.7 Å². The lowest BCUT2D eigenvalue weighted by molar-refractivity contribution is -0.120. The van der Waals surface area contributed by atoms with Crippen LogP contribution < -0.4 is 20.4 Å². The number of hydrogen-bond donors (Lipinski definition) is 1. The van der Waals surface area contributed by atoms with E-state index in [1.54, 1.807) is 19.1 Å². The molecule has 0 fully saturated rings. The van der Waals surface area contributed by atoms with Gasteiger partial charge in [-0.1, -0.05) is 30.3 Å². The van der Waals surface area contributed by atoms with E-state index < -0.39 is 5.63 Å². The molecule has 0 atom stereocenters. The zero-order valence-corrected chi connectivity index (χ0v) is 15.5. The van der Waals surface area contributed by atoms with Gasteiger partial charge in [-0.05, 0) is 24.1 Å². The summed E-state index contributed by atoms with van der Waals surface area (Å²) in [6.07, 6.45) is -0.0503. The zero-order valence-electron chi connectivity index (χ0n) is 15.5. The average Bonchev–Trinajstić information content (AvgIpc) is 2.69. The minimum atomic E-state index is -0.526. The SMILES string of the molecule is COc1cc2oc(=O)c(CC(=O)NCc3ccccc3)c(C)c2cc1OC. The second-order valence-corrected chi connectivity index (χ2v) is 6.14. The molecule has 1 amide bonds. The number of hydrogen-bond acceptors (Lipinski definition) is 5. The van der Waals surface area contributed by atoms with Crippen molar-refractivity contribution in [3.05, 3.63) is 69.6 Å². The molecule has 3 rings (SSSR count). The van der Waals surface area contributed by atoms with Crippen molar-refractivity contribution in [1.82, 2.24) is 5.32 Å². The van der Waals surface area contributed by atoms with Crippen LogP contribution in [0.25, 0.3) is 11.0 Å². The van der Waals surface area contributed by atoms with Gasteiger partial charge in [-0.3, -0.25) is 4.79 Å². The number of methoxy groups -OCH3 is 2. The van der Waals surface area contributed by atoms with Crippen LogP contribution in [0.3, 0.4) is 0 Å². The van der Waals surface area contributed by atoms with Crippen molar-refractivity contribution in [2.75, 3.05) is 14.2 Å². The molecule has 3 aromatic rings. The minimum absolute atomic E-state index is 0.0503. The first kappa shape index (κ1) is 18.5. The number of amides is 1. The first-order valence-electron chi connectivity index (χ1n) is 8.52. The lowest BCUT2D eigenvalue weighted by Gasteiger charge is -2.12. The van der Waals surface area contributed by atoms with E-state index in [-0.39, 0.29) is 12.3 Å². The highest BCUT2D eigenvalue weighted by Crippen LogP contribution is 2.33. The summed E-state index contributed by atoms with van der Waals surface area (Å²) >= 11 is 0. The van der Waals surface area contributed by atoms with Crippen LogP contribution in [0.2, 0.25) is 0 Å². The van der Waals surface area contributed by atoms with Crippen LogP contribution >= 0.6 is 0 Å². The van der Waals surface area contributed by atoms with E-state index in [1.165, 1.54) is 14.2 Å². The van der Waals surface area contributed by atoms with Gasteiger partial charge in [-0.15, -0.1) is 0 Å². The summed E-state index contributed by atoms with van der Waals surface area (Å²) in [5.41, 5.74) is 1.88. The van der Waals surface area contributed by atoms with Gasteiger partial charge in [0.05, 0.1) is 26.2 Å². The molecule has 0 aliphatic heterocycles. The van der Waals surface area contributed by atoms with Gasteiger partial charge in [0.15, 0.2) is 11.5 Å². The van der Waals surface area contributed by atoms with Crippen LogP contribution in [0.1, 0.15) is 16.7 Å². The fraction of sp³-hybridized carbons (Fsp3) is 0.238. The maximum Gasteiger partial charge on any atom is 0.340 e. The molecule has 6 heteroatoms. The van der Waals surface area contributed by atoms with Gasteiger partial charge >= 0.3 is 5.63 Å². The Bertz CT molecular complexity index is 1020. The van der Waals surface area contributed by atoms with Crippen molar-refractivity contribution in [2.45, 2.75) is 19.9 Å². The first-order valence-corrected chi connectivity index (χ1v) is 8.52. The van der Waals surface area contributed by atoms with Crippen molar-refractivity contribution >= 4 is 16.9 Å². The summed E-state index contributed by atoms with van der Waals surface area (Å²) in [6, 6.07) is 12.9. The van der Waals surface area contributed by atoms with E-state index in [2.05, 4.69) is 5.32 Å². The van der Waals surface area contributed by atoms with Gasteiger partial charge in [-0.25, -0.2) is 4.79 Å². The Balaban J connectivity index is 1.87.